The third kappa shape index (κ3) is 2.07. The number of rotatable bonds is 1. The molecule has 1 nitrogen and oxygen atoms in total. The summed E-state index contributed by atoms with van der Waals surface area (Å²) in [5, 5.41) is 11.4. The van der Waals surface area contributed by atoms with Crippen LogP contribution in [-0.4, -0.2) is 5.11 Å². The molecule has 0 saturated heterocycles. The second kappa shape index (κ2) is 4.27. The molecule has 0 aliphatic rings. The van der Waals surface area contributed by atoms with E-state index < -0.39 is 5.82 Å². The molecule has 0 fully saturated rings. The fraction of sp³-hybridized carbons (Fsp3) is 0.375. The first kappa shape index (κ1) is 11.5. The largest absolute Gasteiger partial charge is 0.508 e. The van der Waals surface area contributed by atoms with Crippen LogP contribution in [0.1, 0.15) is 40.2 Å². The van der Waals surface area contributed by atoms with Gasteiger partial charge in [0.2, 0.25) is 0 Å². The van der Waals surface area contributed by atoms with E-state index in [1.54, 1.807) is 12.1 Å². The number of phenols is 1. The van der Waals surface area contributed by atoms with Gasteiger partial charge < -0.3 is 5.11 Å². The molecule has 0 atom stereocenters. The summed E-state index contributed by atoms with van der Waals surface area (Å²) in [4.78, 5) is 0. The summed E-state index contributed by atoms with van der Waals surface area (Å²) >= 11 is 0. The van der Waals surface area contributed by atoms with Crippen molar-refractivity contribution in [1.82, 2.24) is 0 Å². The summed E-state index contributed by atoms with van der Waals surface area (Å²) in [6.07, 6.45) is 0.531. The van der Waals surface area contributed by atoms with E-state index in [2.05, 4.69) is 0 Å². The highest BCUT2D eigenvalue weighted by molar-refractivity contribution is 5.91. The zero-order chi connectivity index (χ0) is 14.4. The van der Waals surface area contributed by atoms with Crippen molar-refractivity contribution >= 4 is 10.8 Å². The number of hydrogen-bond acceptors (Lipinski definition) is 1. The highest BCUT2D eigenvalue weighted by Crippen LogP contribution is 2.36. The van der Waals surface area contributed by atoms with Crippen molar-refractivity contribution in [1.29, 1.82) is 0 Å². The molecule has 18 heavy (non-hydrogen) atoms. The molecule has 0 aliphatic carbocycles. The van der Waals surface area contributed by atoms with E-state index in [0.717, 1.165) is 16.3 Å². The van der Waals surface area contributed by atoms with Gasteiger partial charge in [0, 0.05) is 0 Å². The van der Waals surface area contributed by atoms with E-state index in [1.165, 1.54) is 6.07 Å². The van der Waals surface area contributed by atoms with Crippen molar-refractivity contribution in [2.75, 3.05) is 0 Å². The Balaban J connectivity index is 3.01. The Labute approximate surface area is 109 Å². The first-order chi connectivity index (χ1) is 8.75. The number of hydrogen-bond donors (Lipinski definition) is 1. The summed E-state index contributed by atoms with van der Waals surface area (Å²) in [6, 6.07) is 4.67. The van der Waals surface area contributed by atoms with E-state index in [1.807, 2.05) is 27.7 Å². The molecule has 96 valence electrons. The van der Waals surface area contributed by atoms with Crippen LogP contribution in [0.5, 0.6) is 5.75 Å². The fourth-order valence-corrected chi connectivity index (χ4v) is 2.36. The van der Waals surface area contributed by atoms with Gasteiger partial charge in [0.15, 0.2) is 0 Å². The molecule has 0 aliphatic heterocycles. The number of halogens is 1. The van der Waals surface area contributed by atoms with Crippen molar-refractivity contribution in [2.24, 2.45) is 0 Å². The van der Waals surface area contributed by atoms with Gasteiger partial charge >= 0.3 is 0 Å². The van der Waals surface area contributed by atoms with Gasteiger partial charge in [-0.3, -0.25) is 0 Å². The van der Waals surface area contributed by atoms with Crippen molar-refractivity contribution in [3.05, 3.63) is 41.2 Å². The highest BCUT2D eigenvalue weighted by atomic mass is 19.1. The van der Waals surface area contributed by atoms with Crippen molar-refractivity contribution in [3.63, 3.8) is 0 Å². The Morgan fingerprint density at radius 2 is 2.00 bits per heavy atom. The number of benzene rings is 2. The molecule has 2 rings (SSSR count). The number of phenolic OH excluding ortho intramolecular Hbond substituents is 1. The maximum absolute atomic E-state index is 14.2. The van der Waals surface area contributed by atoms with E-state index in [0.29, 0.717) is 12.0 Å². The lowest BCUT2D eigenvalue weighted by atomic mass is 9.81. The summed E-state index contributed by atoms with van der Waals surface area (Å²) in [6.45, 7) is 7.99. The third-order valence-corrected chi connectivity index (χ3v) is 3.24. The van der Waals surface area contributed by atoms with Gasteiger partial charge in [-0.25, -0.2) is 4.39 Å². The Bertz CT molecular complexity index is 641. The van der Waals surface area contributed by atoms with Crippen LogP contribution in [0.3, 0.4) is 0 Å². The number of aromatic hydroxyl groups is 1. The van der Waals surface area contributed by atoms with Crippen LogP contribution in [0.15, 0.2) is 24.2 Å². The smallest absolute Gasteiger partial charge is 0.127 e. The first-order valence-corrected chi connectivity index (χ1v) is 6.21. The maximum Gasteiger partial charge on any atom is 0.127 e. The lowest BCUT2D eigenvalue weighted by Crippen LogP contribution is -2.12. The van der Waals surface area contributed by atoms with Crippen molar-refractivity contribution < 1.29 is 10.9 Å². The zero-order valence-electron chi connectivity index (χ0n) is 12.3. The third-order valence-electron chi connectivity index (χ3n) is 3.24. The minimum absolute atomic E-state index is 0.116. The number of aryl methyl sites for hydroxylation is 1. The van der Waals surface area contributed by atoms with Gasteiger partial charge in [-0.2, -0.15) is 0 Å². The molecule has 0 heterocycles. The molecule has 0 amide bonds. The first-order valence-electron chi connectivity index (χ1n) is 6.71. The van der Waals surface area contributed by atoms with Gasteiger partial charge in [0.05, 0.1) is 1.37 Å². The van der Waals surface area contributed by atoms with Crippen LogP contribution >= 0.6 is 0 Å². The van der Waals surface area contributed by atoms with E-state index in [9.17, 15) is 9.50 Å². The molecule has 0 unspecified atom stereocenters. The Morgan fingerprint density at radius 1 is 1.33 bits per heavy atom. The topological polar surface area (TPSA) is 20.2 Å². The minimum atomic E-state index is -0.453. The molecular weight excluding hydrogens is 227 g/mol. The molecule has 1 N–H and O–H groups in total. The van der Waals surface area contributed by atoms with Gasteiger partial charge in [0.25, 0.3) is 0 Å². The summed E-state index contributed by atoms with van der Waals surface area (Å²) < 4.78 is 21.8. The zero-order valence-corrected chi connectivity index (χ0v) is 11.3. The van der Waals surface area contributed by atoms with Crippen LogP contribution in [-0.2, 0) is 11.8 Å². The summed E-state index contributed by atoms with van der Waals surface area (Å²) in [5.41, 5.74) is 1.28. The Morgan fingerprint density at radius 3 is 2.56 bits per heavy atom. The van der Waals surface area contributed by atoms with Crippen LogP contribution < -0.4 is 0 Å². The van der Waals surface area contributed by atoms with Gasteiger partial charge in [0.1, 0.15) is 11.6 Å². The van der Waals surface area contributed by atoms with E-state index in [-0.39, 0.29) is 17.2 Å². The SMILES string of the molecule is [2H]c1cc2cc(O)cc(C(C)(C)C)c2c(CC)c1F. The van der Waals surface area contributed by atoms with Crippen LogP contribution in [0, 0.1) is 5.82 Å². The molecule has 2 aromatic rings. The Hall–Kier alpha value is -1.57. The van der Waals surface area contributed by atoms with Crippen LogP contribution in [0.2, 0.25) is 0 Å². The molecular formula is C16H19FO. The highest BCUT2D eigenvalue weighted by Gasteiger charge is 2.20. The molecule has 0 saturated carbocycles. The quantitative estimate of drug-likeness (QED) is 0.784. The average molecular weight is 247 g/mol. The average Bonchev–Trinajstić information content (AvgIpc) is 2.29. The minimum Gasteiger partial charge on any atom is -0.508 e. The fourth-order valence-electron chi connectivity index (χ4n) is 2.36. The van der Waals surface area contributed by atoms with Gasteiger partial charge in [-0.05, 0) is 51.9 Å². The second-order valence-electron chi connectivity index (χ2n) is 5.64. The molecule has 0 spiro atoms. The predicted octanol–water partition coefficient (Wildman–Crippen LogP) is 4.54. The van der Waals surface area contributed by atoms with E-state index >= 15 is 0 Å². The van der Waals surface area contributed by atoms with Gasteiger partial charge in [-0.1, -0.05) is 33.8 Å². The van der Waals surface area contributed by atoms with Crippen LogP contribution in [0.25, 0.3) is 10.8 Å². The lowest BCUT2D eigenvalue weighted by Gasteiger charge is -2.23. The molecule has 2 aromatic carbocycles. The number of fused-ring (bicyclic) bond motifs is 1. The molecule has 0 aromatic heterocycles. The maximum atomic E-state index is 14.2. The van der Waals surface area contributed by atoms with Crippen molar-refractivity contribution in [3.8, 4) is 5.75 Å². The lowest BCUT2D eigenvalue weighted by molar-refractivity contribution is 0.472. The molecule has 2 heteroatoms. The normalized spacial score (nSPS) is 12.8. The predicted molar refractivity (Wildman–Crippen MR) is 73.6 cm³/mol. The summed E-state index contributed by atoms with van der Waals surface area (Å²) in [7, 11) is 0. The second-order valence-corrected chi connectivity index (χ2v) is 5.64. The van der Waals surface area contributed by atoms with Crippen LogP contribution in [0.4, 0.5) is 4.39 Å². The standard InChI is InChI=1S/C16H19FO/c1-5-12-14(17)7-6-10-8-11(18)9-13(15(10)12)16(2,3)4/h6-9,18H,5H2,1-4H3/i7D. The van der Waals surface area contributed by atoms with E-state index in [4.69, 9.17) is 1.37 Å². The summed E-state index contributed by atoms with van der Waals surface area (Å²) in [5.74, 6) is -0.295. The van der Waals surface area contributed by atoms with Crippen molar-refractivity contribution in [2.45, 2.75) is 39.5 Å². The Kier molecular flexibility index (Phi) is 2.73. The molecule has 0 bridgehead atoms. The van der Waals surface area contributed by atoms with Gasteiger partial charge in [-0.15, -0.1) is 0 Å². The molecule has 0 radical (unpaired) electrons. The monoisotopic (exact) mass is 247 g/mol.